The number of hydrogen-bond acceptors (Lipinski definition) is 4. The fraction of sp³-hybridized carbons (Fsp3) is 0.867. The van der Waals surface area contributed by atoms with Crippen molar-refractivity contribution in [2.24, 2.45) is 16.3 Å². The van der Waals surface area contributed by atoms with Crippen LogP contribution in [0.2, 0.25) is 0 Å². The van der Waals surface area contributed by atoms with E-state index in [2.05, 4.69) is 5.16 Å². The Morgan fingerprint density at radius 2 is 1.86 bits per heavy atom. The van der Waals surface area contributed by atoms with Gasteiger partial charge in [-0.3, -0.25) is 4.79 Å². The van der Waals surface area contributed by atoms with Gasteiger partial charge in [-0.05, 0) is 25.7 Å². The first-order chi connectivity index (χ1) is 10.2. The molecule has 0 aromatic carbocycles. The molecule has 6 nitrogen and oxygen atoms in total. The summed E-state index contributed by atoms with van der Waals surface area (Å²) in [5.74, 6) is -0.0217. The second-order valence-electron chi connectivity index (χ2n) is 6.31. The number of nitrogens with zero attached hydrogens (tertiary/aromatic N) is 2. The first-order valence-corrected chi connectivity index (χ1v) is 8.05. The van der Waals surface area contributed by atoms with Crippen LogP contribution in [0, 0.1) is 5.41 Å². The third kappa shape index (κ3) is 3.15. The molecule has 1 unspecified atom stereocenters. The van der Waals surface area contributed by atoms with Gasteiger partial charge in [0.15, 0.2) is 5.84 Å². The Balaban J connectivity index is 2.27. The van der Waals surface area contributed by atoms with Gasteiger partial charge in [0.1, 0.15) is 5.41 Å². The average molecular weight is 297 g/mol. The molecule has 1 aliphatic heterocycles. The summed E-state index contributed by atoms with van der Waals surface area (Å²) < 4.78 is 0. The predicted octanol–water partition coefficient (Wildman–Crippen LogP) is 1.45. The van der Waals surface area contributed by atoms with Crippen LogP contribution in [0.5, 0.6) is 0 Å². The number of nitrogens with two attached hydrogens (primary N) is 1. The molecule has 1 amide bonds. The molecule has 2 rings (SSSR count). The number of amidine groups is 1. The molecule has 1 saturated heterocycles. The first kappa shape index (κ1) is 16.1. The van der Waals surface area contributed by atoms with Crippen LogP contribution in [-0.4, -0.2) is 46.1 Å². The number of carbonyl (C=O) groups excluding carboxylic acids is 1. The fourth-order valence-corrected chi connectivity index (χ4v) is 3.74. The molecule has 120 valence electrons. The number of aliphatic hydroxyl groups excluding tert-OH is 1. The highest BCUT2D eigenvalue weighted by atomic mass is 16.4. The highest BCUT2D eigenvalue weighted by Crippen LogP contribution is 2.39. The van der Waals surface area contributed by atoms with Crippen molar-refractivity contribution in [3.8, 4) is 0 Å². The smallest absolute Gasteiger partial charge is 0.236 e. The third-order valence-corrected chi connectivity index (χ3v) is 5.06. The molecule has 0 spiro atoms. The van der Waals surface area contributed by atoms with Gasteiger partial charge < -0.3 is 20.9 Å². The third-order valence-electron chi connectivity index (χ3n) is 5.06. The van der Waals surface area contributed by atoms with Crippen molar-refractivity contribution < 1.29 is 15.1 Å². The molecule has 0 aromatic heterocycles. The molecule has 6 heteroatoms. The standard InChI is InChI=1S/C15H27N3O3/c16-13(17-21)15(8-4-2-5-9-15)14(20)18-10-6-1-3-7-12(18)11-19/h12,19,21H,1-11H2,(H2,16,17). The molecule has 0 radical (unpaired) electrons. The van der Waals surface area contributed by atoms with Gasteiger partial charge in [-0.25, -0.2) is 0 Å². The molecule has 2 fully saturated rings. The first-order valence-electron chi connectivity index (χ1n) is 8.05. The largest absolute Gasteiger partial charge is 0.409 e. The van der Waals surface area contributed by atoms with E-state index in [0.717, 1.165) is 44.9 Å². The van der Waals surface area contributed by atoms with E-state index < -0.39 is 5.41 Å². The van der Waals surface area contributed by atoms with E-state index in [9.17, 15) is 9.90 Å². The molecule has 0 aromatic rings. The van der Waals surface area contributed by atoms with E-state index in [-0.39, 0.29) is 24.4 Å². The van der Waals surface area contributed by atoms with Crippen LogP contribution in [0.15, 0.2) is 5.16 Å². The van der Waals surface area contributed by atoms with Crippen LogP contribution in [0.4, 0.5) is 0 Å². The zero-order chi connectivity index (χ0) is 15.3. The highest BCUT2D eigenvalue weighted by Gasteiger charge is 2.47. The quantitative estimate of drug-likeness (QED) is 0.318. The Bertz CT molecular complexity index is 392. The Morgan fingerprint density at radius 1 is 1.19 bits per heavy atom. The number of aliphatic hydroxyl groups is 1. The number of oxime groups is 1. The van der Waals surface area contributed by atoms with Crippen molar-refractivity contribution in [3.63, 3.8) is 0 Å². The van der Waals surface area contributed by atoms with Crippen LogP contribution >= 0.6 is 0 Å². The molecule has 1 saturated carbocycles. The summed E-state index contributed by atoms with van der Waals surface area (Å²) in [5, 5.41) is 21.9. The second-order valence-corrected chi connectivity index (χ2v) is 6.31. The Labute approximate surface area is 126 Å². The van der Waals surface area contributed by atoms with E-state index in [1.807, 2.05) is 0 Å². The van der Waals surface area contributed by atoms with Crippen LogP contribution in [0.25, 0.3) is 0 Å². The maximum absolute atomic E-state index is 13.1. The minimum Gasteiger partial charge on any atom is -0.409 e. The second kappa shape index (κ2) is 7.11. The molecular weight excluding hydrogens is 270 g/mol. The van der Waals surface area contributed by atoms with Gasteiger partial charge in [-0.15, -0.1) is 0 Å². The summed E-state index contributed by atoms with van der Waals surface area (Å²) in [6.07, 6.45) is 8.08. The number of rotatable bonds is 3. The minimum atomic E-state index is -0.870. The van der Waals surface area contributed by atoms with Crippen LogP contribution in [0.3, 0.4) is 0 Å². The summed E-state index contributed by atoms with van der Waals surface area (Å²) >= 11 is 0. The average Bonchev–Trinajstić information content (AvgIpc) is 2.79. The topological polar surface area (TPSA) is 99.2 Å². The molecule has 0 bridgehead atoms. The van der Waals surface area contributed by atoms with Gasteiger partial charge in [-0.2, -0.15) is 0 Å². The number of carbonyl (C=O) groups is 1. The summed E-state index contributed by atoms with van der Waals surface area (Å²) in [6.45, 7) is 0.641. The molecule has 1 aliphatic carbocycles. The van der Waals surface area contributed by atoms with Crippen molar-refractivity contribution in [2.45, 2.75) is 63.8 Å². The highest BCUT2D eigenvalue weighted by molar-refractivity contribution is 6.06. The van der Waals surface area contributed by atoms with Gasteiger partial charge >= 0.3 is 0 Å². The summed E-state index contributed by atoms with van der Waals surface area (Å²) in [4.78, 5) is 14.9. The maximum Gasteiger partial charge on any atom is 0.236 e. The molecule has 1 heterocycles. The summed E-state index contributed by atoms with van der Waals surface area (Å²) in [5.41, 5.74) is 5.04. The van der Waals surface area contributed by atoms with Crippen LogP contribution in [-0.2, 0) is 4.79 Å². The van der Waals surface area contributed by atoms with Crippen molar-refractivity contribution in [1.82, 2.24) is 4.90 Å². The molecule has 1 atom stereocenters. The van der Waals surface area contributed by atoms with E-state index in [1.54, 1.807) is 4.90 Å². The summed E-state index contributed by atoms with van der Waals surface area (Å²) in [6, 6.07) is -0.134. The van der Waals surface area contributed by atoms with E-state index >= 15 is 0 Å². The lowest BCUT2D eigenvalue weighted by Crippen LogP contribution is -2.55. The lowest BCUT2D eigenvalue weighted by atomic mass is 9.71. The molecule has 2 aliphatic rings. The maximum atomic E-state index is 13.1. The molecule has 21 heavy (non-hydrogen) atoms. The number of amides is 1. The van der Waals surface area contributed by atoms with Gasteiger partial charge in [0.05, 0.1) is 12.6 Å². The van der Waals surface area contributed by atoms with Crippen LogP contribution in [0.1, 0.15) is 57.8 Å². The van der Waals surface area contributed by atoms with E-state index in [0.29, 0.717) is 19.4 Å². The van der Waals surface area contributed by atoms with Gasteiger partial charge in [0, 0.05) is 6.54 Å². The van der Waals surface area contributed by atoms with Gasteiger partial charge in [0.2, 0.25) is 5.91 Å². The van der Waals surface area contributed by atoms with E-state index in [1.165, 1.54) is 0 Å². The van der Waals surface area contributed by atoms with Crippen molar-refractivity contribution >= 4 is 11.7 Å². The monoisotopic (exact) mass is 297 g/mol. The lowest BCUT2D eigenvalue weighted by Gasteiger charge is -2.41. The molecular formula is C15H27N3O3. The molecule has 4 N–H and O–H groups in total. The predicted molar refractivity (Wildman–Crippen MR) is 80.0 cm³/mol. The SMILES string of the molecule is NC(=NO)C1(C(=O)N2CCCCCC2CO)CCCCC1. The van der Waals surface area contributed by atoms with Gasteiger partial charge in [0.25, 0.3) is 0 Å². The fourth-order valence-electron chi connectivity index (χ4n) is 3.74. The Kier molecular flexibility index (Phi) is 5.45. The normalized spacial score (nSPS) is 27.2. The lowest BCUT2D eigenvalue weighted by molar-refractivity contribution is -0.143. The van der Waals surface area contributed by atoms with Crippen molar-refractivity contribution in [3.05, 3.63) is 0 Å². The summed E-state index contributed by atoms with van der Waals surface area (Å²) in [7, 11) is 0. The minimum absolute atomic E-state index is 0.0159. The Hall–Kier alpha value is -1.30. The number of likely N-dealkylation sites (tertiary alicyclic amines) is 1. The zero-order valence-corrected chi connectivity index (χ0v) is 12.6. The van der Waals surface area contributed by atoms with Crippen molar-refractivity contribution in [2.75, 3.05) is 13.2 Å². The van der Waals surface area contributed by atoms with Crippen molar-refractivity contribution in [1.29, 1.82) is 0 Å². The zero-order valence-electron chi connectivity index (χ0n) is 12.6. The van der Waals surface area contributed by atoms with Gasteiger partial charge in [-0.1, -0.05) is 37.3 Å². The van der Waals surface area contributed by atoms with E-state index in [4.69, 9.17) is 10.9 Å². The Morgan fingerprint density at radius 3 is 2.48 bits per heavy atom. The number of hydrogen-bond donors (Lipinski definition) is 3. The van der Waals surface area contributed by atoms with Crippen LogP contribution < -0.4 is 5.73 Å².